The average molecular weight is 624 g/mol. The van der Waals surface area contributed by atoms with E-state index >= 15 is 0 Å². The van der Waals surface area contributed by atoms with Gasteiger partial charge in [-0.05, 0) is 81.7 Å². The van der Waals surface area contributed by atoms with Crippen molar-refractivity contribution in [3.63, 3.8) is 0 Å². The van der Waals surface area contributed by atoms with E-state index in [0.717, 1.165) is 88.6 Å². The largest absolute Gasteiger partial charge is 0.371 e. The summed E-state index contributed by atoms with van der Waals surface area (Å²) in [5.41, 5.74) is 2.26. The molecule has 4 heterocycles. The maximum Gasteiger partial charge on any atom is 0.256 e. The molecule has 2 amide bonds. The number of amides is 2. The third-order valence-electron chi connectivity index (χ3n) is 8.51. The molecule has 6 rings (SSSR count). The minimum Gasteiger partial charge on any atom is -0.371 e. The molecule has 0 spiro atoms. The molecule has 0 radical (unpaired) electrons. The van der Waals surface area contributed by atoms with Crippen LogP contribution >= 0.6 is 11.6 Å². The van der Waals surface area contributed by atoms with E-state index < -0.39 is 17.7 Å². The molecule has 0 bridgehead atoms. The Morgan fingerprint density at radius 2 is 1.55 bits per heavy atom. The molecule has 44 heavy (non-hydrogen) atoms. The molecule has 12 heteroatoms. The van der Waals surface area contributed by atoms with E-state index in [9.17, 15) is 18.4 Å². The zero-order valence-electron chi connectivity index (χ0n) is 24.5. The maximum absolute atomic E-state index is 13.7. The standard InChI is InChI=1S/C32H36ClF2N7O2/c33-26-20-36-32(38-24-17-21(34)16-22(35)18-24)39-29(26)42-15-7-8-28(42)30(43)37-23-9-10-27(40-11-3-1-4-12-40)25(19-23)31(44)41-13-5-2-6-14-41/h9-10,16-20,28H,1-8,11-15H2,(H,37,43)(H,36,38,39)/t28-/m0/s1. The topological polar surface area (TPSA) is 93.7 Å². The van der Waals surface area contributed by atoms with Crippen molar-refractivity contribution in [3.8, 4) is 0 Å². The normalized spacial score (nSPS) is 18.8. The molecular weight excluding hydrogens is 588 g/mol. The summed E-state index contributed by atoms with van der Waals surface area (Å²) in [4.78, 5) is 42.1. The minimum atomic E-state index is -0.734. The summed E-state index contributed by atoms with van der Waals surface area (Å²) in [6.07, 6.45) is 9.22. The highest BCUT2D eigenvalue weighted by Gasteiger charge is 2.34. The summed E-state index contributed by atoms with van der Waals surface area (Å²) in [5, 5.41) is 6.10. The van der Waals surface area contributed by atoms with Crippen LogP contribution < -0.4 is 20.4 Å². The van der Waals surface area contributed by atoms with Crippen molar-refractivity contribution in [2.24, 2.45) is 0 Å². The Labute approximate surface area is 260 Å². The molecule has 3 saturated heterocycles. The highest BCUT2D eigenvalue weighted by atomic mass is 35.5. The molecule has 232 valence electrons. The van der Waals surface area contributed by atoms with E-state index in [1.807, 2.05) is 28.0 Å². The summed E-state index contributed by atoms with van der Waals surface area (Å²) in [6.45, 7) is 3.85. The highest BCUT2D eigenvalue weighted by Crippen LogP contribution is 2.33. The van der Waals surface area contributed by atoms with Gasteiger partial charge in [0.1, 0.15) is 22.7 Å². The molecule has 3 aliphatic heterocycles. The van der Waals surface area contributed by atoms with Crippen molar-refractivity contribution in [3.05, 3.63) is 64.8 Å². The summed E-state index contributed by atoms with van der Waals surface area (Å²) in [7, 11) is 0. The highest BCUT2D eigenvalue weighted by molar-refractivity contribution is 6.33. The molecule has 9 nitrogen and oxygen atoms in total. The first-order valence-corrected chi connectivity index (χ1v) is 15.7. The molecule has 0 unspecified atom stereocenters. The third kappa shape index (κ3) is 6.72. The summed E-state index contributed by atoms with van der Waals surface area (Å²) >= 11 is 6.49. The number of rotatable bonds is 7. The van der Waals surface area contributed by atoms with E-state index in [-0.39, 0.29) is 28.5 Å². The first-order chi connectivity index (χ1) is 21.4. The monoisotopic (exact) mass is 623 g/mol. The van der Waals surface area contributed by atoms with E-state index in [2.05, 4.69) is 25.5 Å². The SMILES string of the molecule is O=C(Nc1ccc(N2CCCCC2)c(C(=O)N2CCCCC2)c1)[C@@H]1CCCN1c1nc(Nc2cc(F)cc(F)c2)ncc1Cl. The number of benzene rings is 2. The summed E-state index contributed by atoms with van der Waals surface area (Å²) in [5.74, 6) is -1.25. The second kappa shape index (κ2) is 13.3. The van der Waals surface area contributed by atoms with Crippen molar-refractivity contribution in [1.29, 1.82) is 0 Å². The van der Waals surface area contributed by atoms with Crippen LogP contribution in [-0.4, -0.2) is 65.4 Å². The van der Waals surface area contributed by atoms with Crippen molar-refractivity contribution in [2.75, 3.05) is 53.2 Å². The molecule has 2 N–H and O–H groups in total. The Morgan fingerprint density at radius 1 is 0.841 bits per heavy atom. The Morgan fingerprint density at radius 3 is 2.27 bits per heavy atom. The van der Waals surface area contributed by atoms with Crippen LogP contribution in [-0.2, 0) is 4.79 Å². The van der Waals surface area contributed by atoms with Gasteiger partial charge in [-0.25, -0.2) is 13.8 Å². The van der Waals surface area contributed by atoms with Gasteiger partial charge in [0.25, 0.3) is 5.91 Å². The zero-order valence-corrected chi connectivity index (χ0v) is 25.3. The molecule has 1 atom stereocenters. The Kier molecular flexibility index (Phi) is 9.11. The van der Waals surface area contributed by atoms with Gasteiger partial charge >= 0.3 is 0 Å². The molecule has 0 saturated carbocycles. The fraction of sp³-hybridized carbons (Fsp3) is 0.438. The zero-order chi connectivity index (χ0) is 30.6. The Balaban J connectivity index is 1.22. The van der Waals surface area contributed by atoms with Crippen LogP contribution in [0.3, 0.4) is 0 Å². The van der Waals surface area contributed by atoms with Gasteiger partial charge < -0.3 is 25.3 Å². The van der Waals surface area contributed by atoms with Gasteiger partial charge in [-0.3, -0.25) is 9.59 Å². The third-order valence-corrected chi connectivity index (χ3v) is 8.77. The number of carbonyl (C=O) groups is 2. The Hall–Kier alpha value is -3.99. The van der Waals surface area contributed by atoms with Crippen LogP contribution in [0.5, 0.6) is 0 Å². The quantitative estimate of drug-likeness (QED) is 0.316. The van der Waals surface area contributed by atoms with E-state index in [4.69, 9.17) is 11.6 Å². The summed E-state index contributed by atoms with van der Waals surface area (Å²) < 4.78 is 27.4. The van der Waals surface area contributed by atoms with E-state index in [1.54, 1.807) is 0 Å². The van der Waals surface area contributed by atoms with E-state index in [1.165, 1.54) is 12.6 Å². The minimum absolute atomic E-state index is 0.00911. The van der Waals surface area contributed by atoms with Crippen LogP contribution in [0.1, 0.15) is 61.7 Å². The summed E-state index contributed by atoms with van der Waals surface area (Å²) in [6, 6.07) is 8.12. The van der Waals surface area contributed by atoms with Crippen molar-refractivity contribution in [1.82, 2.24) is 14.9 Å². The lowest BCUT2D eigenvalue weighted by molar-refractivity contribution is -0.117. The molecule has 0 aliphatic carbocycles. The van der Waals surface area contributed by atoms with Gasteiger partial charge in [0, 0.05) is 55.9 Å². The van der Waals surface area contributed by atoms with Crippen molar-refractivity contribution < 1.29 is 18.4 Å². The second-order valence-corrected chi connectivity index (χ2v) is 12.0. The molecule has 2 aromatic carbocycles. The molecule has 3 aliphatic rings. The lowest BCUT2D eigenvalue weighted by atomic mass is 10.0. The second-order valence-electron chi connectivity index (χ2n) is 11.6. The number of hydrogen-bond donors (Lipinski definition) is 2. The lowest BCUT2D eigenvalue weighted by Gasteiger charge is -2.33. The number of carbonyl (C=O) groups excluding carboxylic acids is 2. The van der Waals surface area contributed by atoms with Gasteiger partial charge in [-0.15, -0.1) is 0 Å². The van der Waals surface area contributed by atoms with Crippen LogP contribution in [0.25, 0.3) is 0 Å². The van der Waals surface area contributed by atoms with Crippen LogP contribution in [0.4, 0.5) is 37.6 Å². The van der Waals surface area contributed by atoms with Gasteiger partial charge in [0.2, 0.25) is 11.9 Å². The molecule has 1 aromatic heterocycles. The van der Waals surface area contributed by atoms with Gasteiger partial charge in [0.05, 0.1) is 11.8 Å². The van der Waals surface area contributed by atoms with Crippen molar-refractivity contribution in [2.45, 2.75) is 57.4 Å². The van der Waals surface area contributed by atoms with Gasteiger partial charge in [-0.2, -0.15) is 4.98 Å². The molecule has 3 aromatic rings. The first kappa shape index (κ1) is 30.1. The smallest absolute Gasteiger partial charge is 0.256 e. The van der Waals surface area contributed by atoms with Crippen LogP contribution in [0.15, 0.2) is 42.6 Å². The number of likely N-dealkylation sites (tertiary alicyclic amines) is 1. The van der Waals surface area contributed by atoms with Gasteiger partial charge in [0.15, 0.2) is 5.82 Å². The number of nitrogens with one attached hydrogen (secondary N) is 2. The number of halogens is 3. The Bertz CT molecular complexity index is 1510. The molecule has 3 fully saturated rings. The number of hydrogen-bond acceptors (Lipinski definition) is 7. The van der Waals surface area contributed by atoms with Crippen LogP contribution in [0.2, 0.25) is 5.02 Å². The van der Waals surface area contributed by atoms with E-state index in [0.29, 0.717) is 30.0 Å². The fourth-order valence-electron chi connectivity index (χ4n) is 6.36. The number of piperidine rings is 2. The number of anilines is 5. The number of aromatic nitrogens is 2. The van der Waals surface area contributed by atoms with Crippen LogP contribution in [0, 0.1) is 11.6 Å². The maximum atomic E-state index is 13.7. The number of nitrogens with zero attached hydrogens (tertiary/aromatic N) is 5. The first-order valence-electron chi connectivity index (χ1n) is 15.4. The lowest BCUT2D eigenvalue weighted by Crippen LogP contribution is -2.40. The molecular formula is C32H36ClF2N7O2. The fourth-order valence-corrected chi connectivity index (χ4v) is 6.56. The average Bonchev–Trinajstić information content (AvgIpc) is 3.52. The predicted octanol–water partition coefficient (Wildman–Crippen LogP) is 6.38. The van der Waals surface area contributed by atoms with Crippen molar-refractivity contribution >= 4 is 52.2 Å². The van der Waals surface area contributed by atoms with Gasteiger partial charge in [-0.1, -0.05) is 11.6 Å². The predicted molar refractivity (Wildman–Crippen MR) is 168 cm³/mol.